The van der Waals surface area contributed by atoms with E-state index >= 15 is 0 Å². The molecule has 0 saturated carbocycles. The molecule has 3 heteroatoms. The van der Waals surface area contributed by atoms with Crippen LogP contribution >= 0.6 is 0 Å². The predicted molar refractivity (Wildman–Crippen MR) is 77.8 cm³/mol. The van der Waals surface area contributed by atoms with Crippen molar-refractivity contribution >= 4 is 5.91 Å². The quantitative estimate of drug-likeness (QED) is 0.779. The lowest BCUT2D eigenvalue weighted by molar-refractivity contribution is -0.131. The summed E-state index contributed by atoms with van der Waals surface area (Å²) in [7, 11) is 0. The van der Waals surface area contributed by atoms with Crippen molar-refractivity contribution in [3.8, 4) is 5.69 Å². The van der Waals surface area contributed by atoms with E-state index in [1.54, 1.807) is 0 Å². The maximum absolute atomic E-state index is 12.0. The number of fused-ring (bicyclic) bond motifs is 3. The molecule has 20 heavy (non-hydrogen) atoms. The van der Waals surface area contributed by atoms with E-state index in [-0.39, 0.29) is 5.54 Å². The Bertz CT molecular complexity index is 674. The normalized spacial score (nSPS) is 24.6. The lowest BCUT2D eigenvalue weighted by Crippen LogP contribution is -2.46. The van der Waals surface area contributed by atoms with Gasteiger partial charge in [0.2, 0.25) is 5.91 Å². The van der Waals surface area contributed by atoms with Gasteiger partial charge in [-0.1, -0.05) is 18.2 Å². The van der Waals surface area contributed by atoms with Gasteiger partial charge in [0.25, 0.3) is 0 Å². The Hall–Kier alpha value is -2.03. The van der Waals surface area contributed by atoms with Crippen LogP contribution in [-0.4, -0.2) is 21.9 Å². The standard InChI is InChI=1S/C17H18N2O/c1-17-10-7-16(20)19(17)12-9-15-14(17)8-11-18(15)13-5-3-2-4-6-13/h2-6,8,11H,7,9-10,12H2,1H3. The zero-order valence-electron chi connectivity index (χ0n) is 11.7. The van der Waals surface area contributed by atoms with E-state index in [4.69, 9.17) is 0 Å². The summed E-state index contributed by atoms with van der Waals surface area (Å²) in [6, 6.07) is 12.6. The molecule has 0 spiro atoms. The lowest BCUT2D eigenvalue weighted by atomic mass is 9.85. The van der Waals surface area contributed by atoms with Gasteiger partial charge in [-0.2, -0.15) is 0 Å². The summed E-state index contributed by atoms with van der Waals surface area (Å²) >= 11 is 0. The fourth-order valence-electron chi connectivity index (χ4n) is 3.81. The first-order chi connectivity index (χ1) is 9.70. The molecule has 1 amide bonds. The first-order valence-corrected chi connectivity index (χ1v) is 7.27. The third-order valence-corrected chi connectivity index (χ3v) is 4.90. The molecule has 3 nitrogen and oxygen atoms in total. The second-order valence-corrected chi connectivity index (χ2v) is 5.95. The minimum absolute atomic E-state index is 0.0926. The van der Waals surface area contributed by atoms with Crippen LogP contribution in [0.4, 0.5) is 0 Å². The van der Waals surface area contributed by atoms with Gasteiger partial charge in [-0.3, -0.25) is 4.79 Å². The largest absolute Gasteiger partial charge is 0.333 e. The molecule has 4 rings (SSSR count). The zero-order valence-corrected chi connectivity index (χ0v) is 11.7. The molecule has 0 radical (unpaired) electrons. The highest BCUT2D eigenvalue weighted by molar-refractivity contribution is 5.80. The van der Waals surface area contributed by atoms with Crippen molar-refractivity contribution in [3.05, 3.63) is 53.9 Å². The Morgan fingerprint density at radius 1 is 1.10 bits per heavy atom. The predicted octanol–water partition coefficient (Wildman–Crippen LogP) is 2.87. The van der Waals surface area contributed by atoms with Gasteiger partial charge >= 0.3 is 0 Å². The Labute approximate surface area is 118 Å². The number of amides is 1. The van der Waals surface area contributed by atoms with Crippen LogP contribution in [0, 0.1) is 0 Å². The molecule has 1 aromatic heterocycles. The summed E-state index contributed by atoms with van der Waals surface area (Å²) in [4.78, 5) is 14.1. The maximum atomic E-state index is 12.0. The number of rotatable bonds is 1. The van der Waals surface area contributed by atoms with Crippen LogP contribution in [-0.2, 0) is 16.8 Å². The first-order valence-electron chi connectivity index (χ1n) is 7.27. The van der Waals surface area contributed by atoms with E-state index in [1.165, 1.54) is 16.9 Å². The molecule has 102 valence electrons. The highest BCUT2D eigenvalue weighted by Gasteiger charge is 2.46. The third kappa shape index (κ3) is 1.43. The van der Waals surface area contributed by atoms with Crippen LogP contribution in [0.25, 0.3) is 5.69 Å². The van der Waals surface area contributed by atoms with Crippen molar-refractivity contribution in [2.75, 3.05) is 6.54 Å². The number of aromatic nitrogens is 1. The average Bonchev–Trinajstić information content (AvgIpc) is 3.03. The molecule has 2 aromatic rings. The first kappa shape index (κ1) is 11.8. The summed E-state index contributed by atoms with van der Waals surface area (Å²) in [6.07, 6.45) is 4.72. The number of benzene rings is 1. The molecule has 2 aliphatic rings. The molecule has 0 aliphatic carbocycles. The monoisotopic (exact) mass is 266 g/mol. The highest BCUT2D eigenvalue weighted by atomic mass is 16.2. The Balaban J connectivity index is 1.85. The van der Waals surface area contributed by atoms with Gasteiger partial charge in [0.05, 0.1) is 5.54 Å². The number of para-hydroxylation sites is 1. The number of carbonyl (C=O) groups is 1. The van der Waals surface area contributed by atoms with E-state index in [9.17, 15) is 4.79 Å². The lowest BCUT2D eigenvalue weighted by Gasteiger charge is -2.40. The number of nitrogens with zero attached hydrogens (tertiary/aromatic N) is 2. The molecular formula is C17H18N2O. The van der Waals surface area contributed by atoms with Gasteiger partial charge in [-0.25, -0.2) is 0 Å². The Morgan fingerprint density at radius 3 is 2.70 bits per heavy atom. The van der Waals surface area contributed by atoms with Crippen molar-refractivity contribution in [2.24, 2.45) is 0 Å². The van der Waals surface area contributed by atoms with E-state index in [1.807, 2.05) is 6.07 Å². The Morgan fingerprint density at radius 2 is 1.90 bits per heavy atom. The average molecular weight is 266 g/mol. The van der Waals surface area contributed by atoms with Crippen molar-refractivity contribution in [1.29, 1.82) is 0 Å². The number of hydrogen-bond donors (Lipinski definition) is 0. The van der Waals surface area contributed by atoms with Crippen molar-refractivity contribution < 1.29 is 4.79 Å². The molecule has 1 fully saturated rings. The van der Waals surface area contributed by atoms with Crippen LogP contribution in [0.15, 0.2) is 42.6 Å². The second-order valence-electron chi connectivity index (χ2n) is 5.95. The van der Waals surface area contributed by atoms with Crippen LogP contribution in [0.5, 0.6) is 0 Å². The fraction of sp³-hybridized carbons (Fsp3) is 0.353. The smallest absolute Gasteiger partial charge is 0.223 e. The zero-order chi connectivity index (χ0) is 13.7. The fourth-order valence-corrected chi connectivity index (χ4v) is 3.81. The third-order valence-electron chi connectivity index (χ3n) is 4.90. The maximum Gasteiger partial charge on any atom is 0.223 e. The van der Waals surface area contributed by atoms with Gasteiger partial charge in [-0.05, 0) is 37.1 Å². The van der Waals surface area contributed by atoms with Crippen LogP contribution in [0.3, 0.4) is 0 Å². The van der Waals surface area contributed by atoms with Gasteiger partial charge in [0.15, 0.2) is 0 Å². The van der Waals surface area contributed by atoms with Gasteiger partial charge in [0, 0.05) is 37.0 Å². The van der Waals surface area contributed by atoms with Crippen molar-refractivity contribution in [1.82, 2.24) is 9.47 Å². The summed E-state index contributed by atoms with van der Waals surface area (Å²) in [5.41, 5.74) is 3.81. The molecule has 2 aliphatic heterocycles. The topological polar surface area (TPSA) is 25.2 Å². The summed E-state index contributed by atoms with van der Waals surface area (Å²) < 4.78 is 2.28. The molecule has 0 N–H and O–H groups in total. The summed E-state index contributed by atoms with van der Waals surface area (Å²) in [5, 5.41) is 0. The van der Waals surface area contributed by atoms with E-state index in [0.717, 1.165) is 19.4 Å². The van der Waals surface area contributed by atoms with Gasteiger partial charge < -0.3 is 9.47 Å². The van der Waals surface area contributed by atoms with Crippen molar-refractivity contribution in [3.63, 3.8) is 0 Å². The van der Waals surface area contributed by atoms with Crippen LogP contribution in [0.2, 0.25) is 0 Å². The molecule has 1 atom stereocenters. The molecular weight excluding hydrogens is 248 g/mol. The SMILES string of the molecule is CC12CCC(=O)N1CCc1c2ccn1-c1ccccc1. The summed E-state index contributed by atoms with van der Waals surface area (Å²) in [5.74, 6) is 0.311. The molecule has 1 aromatic carbocycles. The van der Waals surface area contributed by atoms with E-state index in [0.29, 0.717) is 12.3 Å². The summed E-state index contributed by atoms with van der Waals surface area (Å²) in [6.45, 7) is 3.06. The molecule has 1 unspecified atom stereocenters. The van der Waals surface area contributed by atoms with Crippen LogP contribution < -0.4 is 0 Å². The Kier molecular flexibility index (Phi) is 2.34. The highest BCUT2D eigenvalue weighted by Crippen LogP contribution is 2.44. The van der Waals surface area contributed by atoms with E-state index in [2.05, 4.69) is 52.9 Å². The molecule has 3 heterocycles. The van der Waals surface area contributed by atoms with E-state index < -0.39 is 0 Å². The van der Waals surface area contributed by atoms with Crippen LogP contribution in [0.1, 0.15) is 31.0 Å². The number of carbonyl (C=O) groups excluding carboxylic acids is 1. The number of hydrogen-bond acceptors (Lipinski definition) is 1. The molecule has 0 bridgehead atoms. The molecule has 1 saturated heterocycles. The van der Waals surface area contributed by atoms with Gasteiger partial charge in [0.1, 0.15) is 0 Å². The minimum atomic E-state index is -0.0926. The minimum Gasteiger partial charge on any atom is -0.333 e. The van der Waals surface area contributed by atoms with Gasteiger partial charge in [-0.15, -0.1) is 0 Å². The second kappa shape index (κ2) is 3.98. The van der Waals surface area contributed by atoms with Crippen molar-refractivity contribution in [2.45, 2.75) is 31.7 Å².